The van der Waals surface area contributed by atoms with Gasteiger partial charge in [-0.3, -0.25) is 0 Å². The zero-order valence-electron chi connectivity index (χ0n) is 8.69. The average molecular weight is 254 g/mol. The average Bonchev–Trinajstić information content (AvgIpc) is 2.84. The van der Waals surface area contributed by atoms with Crippen LogP contribution in [0.25, 0.3) is 11.0 Å². The molecule has 3 nitrogen and oxygen atoms in total. The van der Waals surface area contributed by atoms with Crippen LogP contribution >= 0.6 is 23.4 Å². The van der Waals surface area contributed by atoms with E-state index in [1.165, 1.54) is 5.75 Å². The topological polar surface area (TPSA) is 43.8 Å². The van der Waals surface area contributed by atoms with Crippen LogP contribution in [0, 0.1) is 0 Å². The van der Waals surface area contributed by atoms with Gasteiger partial charge in [0.05, 0.1) is 16.1 Å². The van der Waals surface area contributed by atoms with Crippen LogP contribution in [0.5, 0.6) is 0 Å². The summed E-state index contributed by atoms with van der Waals surface area (Å²) in [5, 5.41) is 0.735. The van der Waals surface area contributed by atoms with Crippen molar-refractivity contribution in [1.29, 1.82) is 0 Å². The lowest BCUT2D eigenvalue weighted by Crippen LogP contribution is -2.11. The Morgan fingerprint density at radius 2 is 2.38 bits per heavy atom. The molecule has 1 aliphatic rings. The molecule has 0 spiro atoms. The minimum Gasteiger partial charge on any atom is -0.369 e. The lowest BCUT2D eigenvalue weighted by atomic mass is 10.2. The van der Waals surface area contributed by atoms with E-state index in [-0.39, 0.29) is 0 Å². The first-order valence-corrected chi connectivity index (χ1v) is 6.80. The summed E-state index contributed by atoms with van der Waals surface area (Å²) in [4.78, 5) is 4.37. The molecule has 84 valence electrons. The molecule has 0 bridgehead atoms. The molecule has 2 aromatic rings. The largest absolute Gasteiger partial charge is 0.369 e. The van der Waals surface area contributed by atoms with E-state index in [0.29, 0.717) is 12.0 Å². The maximum absolute atomic E-state index is 6.23. The summed E-state index contributed by atoms with van der Waals surface area (Å²) in [6.45, 7) is 0. The van der Waals surface area contributed by atoms with Crippen molar-refractivity contribution in [3.05, 3.63) is 23.2 Å². The van der Waals surface area contributed by atoms with Gasteiger partial charge in [0.15, 0.2) is 0 Å². The zero-order chi connectivity index (χ0) is 11.1. The second-order valence-corrected chi connectivity index (χ2v) is 5.52. The highest BCUT2D eigenvalue weighted by atomic mass is 35.5. The number of imidazole rings is 1. The number of nitrogen functional groups attached to an aromatic ring is 1. The molecule has 2 N–H and O–H groups in total. The maximum atomic E-state index is 6.23. The van der Waals surface area contributed by atoms with E-state index < -0.39 is 0 Å². The fraction of sp³-hybridized carbons (Fsp3) is 0.364. The Balaban J connectivity index is 2.25. The van der Waals surface area contributed by atoms with Crippen LogP contribution in [0.3, 0.4) is 0 Å². The summed E-state index contributed by atoms with van der Waals surface area (Å²) in [6.07, 6.45) is 1.14. The zero-order valence-corrected chi connectivity index (χ0v) is 10.3. The summed E-state index contributed by atoms with van der Waals surface area (Å²) in [5.74, 6) is 2.87. The molecule has 3 rings (SSSR count). The minimum atomic E-state index is 0.440. The fourth-order valence-corrected chi connectivity index (χ4v) is 3.67. The van der Waals surface area contributed by atoms with E-state index >= 15 is 0 Å². The van der Waals surface area contributed by atoms with Crippen LogP contribution in [0.2, 0.25) is 5.02 Å². The summed E-state index contributed by atoms with van der Waals surface area (Å²) in [7, 11) is 0. The molecule has 0 radical (unpaired) electrons. The van der Waals surface area contributed by atoms with E-state index in [9.17, 15) is 0 Å². The first-order valence-electron chi connectivity index (χ1n) is 5.27. The van der Waals surface area contributed by atoms with E-state index in [2.05, 4.69) is 9.55 Å². The summed E-state index contributed by atoms with van der Waals surface area (Å²) < 4.78 is 2.09. The number of rotatable bonds is 1. The van der Waals surface area contributed by atoms with Gasteiger partial charge < -0.3 is 10.3 Å². The van der Waals surface area contributed by atoms with Crippen molar-refractivity contribution >= 4 is 40.3 Å². The van der Waals surface area contributed by atoms with Gasteiger partial charge in [-0.25, -0.2) is 4.98 Å². The third-order valence-electron chi connectivity index (χ3n) is 2.96. The molecule has 1 aromatic carbocycles. The molecule has 5 heteroatoms. The number of aromatic nitrogens is 2. The van der Waals surface area contributed by atoms with Crippen LogP contribution in [-0.2, 0) is 0 Å². The number of para-hydroxylation sites is 1. The Bertz CT molecular complexity index is 531. The highest BCUT2D eigenvalue weighted by Crippen LogP contribution is 2.35. The monoisotopic (exact) mass is 253 g/mol. The standard InChI is InChI=1S/C11H12ClN3S/c12-8-2-1-3-9-10(8)15(11(13)14-9)7-4-5-16-6-7/h1-3,7H,4-6H2,(H2,13,14). The predicted octanol–water partition coefficient (Wildman–Crippen LogP) is 2.95. The number of hydrogen-bond donors (Lipinski definition) is 1. The number of nitrogens with zero attached hydrogens (tertiary/aromatic N) is 2. The molecule has 1 aliphatic heterocycles. The molecule has 0 amide bonds. The minimum absolute atomic E-state index is 0.440. The molecular formula is C11H12ClN3S. The van der Waals surface area contributed by atoms with Crippen LogP contribution in [0.1, 0.15) is 12.5 Å². The van der Waals surface area contributed by atoms with Crippen LogP contribution in [0.15, 0.2) is 18.2 Å². The Hall–Kier alpha value is -0.870. The third kappa shape index (κ3) is 1.48. The second-order valence-electron chi connectivity index (χ2n) is 3.96. The van der Waals surface area contributed by atoms with Crippen molar-refractivity contribution in [3.8, 4) is 0 Å². The number of halogens is 1. The van der Waals surface area contributed by atoms with Gasteiger partial charge in [-0.2, -0.15) is 11.8 Å². The van der Waals surface area contributed by atoms with Gasteiger partial charge in [0.2, 0.25) is 5.95 Å². The van der Waals surface area contributed by atoms with Gasteiger partial charge in [-0.15, -0.1) is 0 Å². The normalized spacial score (nSPS) is 20.7. The third-order valence-corrected chi connectivity index (χ3v) is 4.41. The maximum Gasteiger partial charge on any atom is 0.201 e. The van der Waals surface area contributed by atoms with E-state index in [1.54, 1.807) is 0 Å². The number of fused-ring (bicyclic) bond motifs is 1. The summed E-state index contributed by atoms with van der Waals surface area (Å²) in [6, 6.07) is 6.19. The summed E-state index contributed by atoms with van der Waals surface area (Å²) >= 11 is 8.19. The van der Waals surface area contributed by atoms with E-state index in [4.69, 9.17) is 17.3 Å². The number of benzene rings is 1. The van der Waals surface area contributed by atoms with Gasteiger partial charge in [0.25, 0.3) is 0 Å². The van der Waals surface area contributed by atoms with Crippen molar-refractivity contribution in [2.75, 3.05) is 17.2 Å². The lowest BCUT2D eigenvalue weighted by molar-refractivity contribution is 0.583. The highest BCUT2D eigenvalue weighted by molar-refractivity contribution is 7.99. The molecule has 1 aromatic heterocycles. The van der Waals surface area contributed by atoms with Gasteiger partial charge in [0, 0.05) is 11.8 Å². The van der Waals surface area contributed by atoms with Crippen molar-refractivity contribution in [2.45, 2.75) is 12.5 Å². The smallest absolute Gasteiger partial charge is 0.201 e. The van der Waals surface area contributed by atoms with Gasteiger partial charge in [-0.05, 0) is 24.3 Å². The van der Waals surface area contributed by atoms with Crippen molar-refractivity contribution < 1.29 is 0 Å². The highest BCUT2D eigenvalue weighted by Gasteiger charge is 2.22. The quantitative estimate of drug-likeness (QED) is 0.850. The van der Waals surface area contributed by atoms with Crippen molar-refractivity contribution in [2.24, 2.45) is 0 Å². The number of anilines is 1. The summed E-state index contributed by atoms with van der Waals surface area (Å²) in [5.41, 5.74) is 7.86. The molecule has 1 fully saturated rings. The Morgan fingerprint density at radius 3 is 3.12 bits per heavy atom. The number of nitrogens with two attached hydrogens (primary N) is 1. The molecule has 0 saturated carbocycles. The molecule has 1 atom stereocenters. The predicted molar refractivity (Wildman–Crippen MR) is 70.1 cm³/mol. The Labute approximate surface area is 103 Å². The van der Waals surface area contributed by atoms with Gasteiger partial charge >= 0.3 is 0 Å². The molecule has 16 heavy (non-hydrogen) atoms. The first kappa shape index (κ1) is 10.3. The van der Waals surface area contributed by atoms with Crippen LogP contribution in [-0.4, -0.2) is 21.1 Å². The molecular weight excluding hydrogens is 242 g/mol. The lowest BCUT2D eigenvalue weighted by Gasteiger charge is -2.13. The molecule has 1 unspecified atom stereocenters. The van der Waals surface area contributed by atoms with Crippen molar-refractivity contribution in [1.82, 2.24) is 9.55 Å². The van der Waals surface area contributed by atoms with Crippen LogP contribution < -0.4 is 5.73 Å². The molecule has 0 aliphatic carbocycles. The number of hydrogen-bond acceptors (Lipinski definition) is 3. The first-order chi connectivity index (χ1) is 7.77. The Kier molecular flexibility index (Phi) is 2.48. The second kappa shape index (κ2) is 3.86. The van der Waals surface area contributed by atoms with Gasteiger partial charge in [-0.1, -0.05) is 17.7 Å². The number of thioether (sulfide) groups is 1. The Morgan fingerprint density at radius 1 is 1.50 bits per heavy atom. The molecule has 2 heterocycles. The van der Waals surface area contributed by atoms with E-state index in [1.807, 2.05) is 30.0 Å². The van der Waals surface area contributed by atoms with Crippen LogP contribution in [0.4, 0.5) is 5.95 Å². The SMILES string of the molecule is Nc1nc2cccc(Cl)c2n1C1CCSC1. The van der Waals surface area contributed by atoms with Gasteiger partial charge in [0.1, 0.15) is 0 Å². The van der Waals surface area contributed by atoms with E-state index in [0.717, 1.165) is 28.2 Å². The van der Waals surface area contributed by atoms with Crippen molar-refractivity contribution in [3.63, 3.8) is 0 Å². The fourth-order valence-electron chi connectivity index (χ4n) is 2.22. The molecule has 1 saturated heterocycles.